The molecule has 2 N–H and O–H groups in total. The third kappa shape index (κ3) is 2.68. The number of anilines is 2. The lowest BCUT2D eigenvalue weighted by Gasteiger charge is -2.12. The summed E-state index contributed by atoms with van der Waals surface area (Å²) in [7, 11) is 1.75. The van der Waals surface area contributed by atoms with Crippen molar-refractivity contribution in [2.45, 2.75) is 25.8 Å². The third-order valence-electron chi connectivity index (χ3n) is 2.52. The largest absolute Gasteiger partial charge is 0.357 e. The summed E-state index contributed by atoms with van der Waals surface area (Å²) in [5, 5.41) is 6.28. The number of aromatic nitrogens is 3. The summed E-state index contributed by atoms with van der Waals surface area (Å²) in [5.41, 5.74) is 0. The molecule has 5 nitrogen and oxygen atoms in total. The fraction of sp³-hybridized carbons (Fsp3) is 0.667. The first-order chi connectivity index (χ1) is 7.19. The molecule has 1 saturated carbocycles. The van der Waals surface area contributed by atoms with Gasteiger partial charge >= 0.3 is 0 Å². The van der Waals surface area contributed by atoms with Gasteiger partial charge < -0.3 is 10.6 Å². The molecule has 1 atom stereocenters. The van der Waals surface area contributed by atoms with E-state index in [1.54, 1.807) is 7.05 Å². The Morgan fingerprint density at radius 3 is 2.53 bits per heavy atom. The van der Waals surface area contributed by atoms with Gasteiger partial charge in [0.2, 0.25) is 17.2 Å². The quantitative estimate of drug-likeness (QED) is 0.821. The van der Waals surface area contributed by atoms with Crippen molar-refractivity contribution in [3.8, 4) is 0 Å². The molecule has 6 heteroatoms. The molecule has 1 unspecified atom stereocenters. The van der Waals surface area contributed by atoms with E-state index in [4.69, 9.17) is 11.6 Å². The molecule has 15 heavy (non-hydrogen) atoms. The molecule has 0 aliphatic heterocycles. The number of nitrogens with one attached hydrogen (secondary N) is 2. The van der Waals surface area contributed by atoms with Crippen LogP contribution in [0.1, 0.15) is 19.8 Å². The van der Waals surface area contributed by atoms with Crippen LogP contribution in [0.4, 0.5) is 11.9 Å². The van der Waals surface area contributed by atoms with Gasteiger partial charge in [-0.1, -0.05) is 0 Å². The van der Waals surface area contributed by atoms with Crippen LogP contribution in [0.2, 0.25) is 5.28 Å². The zero-order valence-corrected chi connectivity index (χ0v) is 9.54. The van der Waals surface area contributed by atoms with Crippen LogP contribution >= 0.6 is 11.6 Å². The molecule has 0 radical (unpaired) electrons. The van der Waals surface area contributed by atoms with E-state index in [0.717, 1.165) is 5.92 Å². The molecule has 0 aromatic carbocycles. The fourth-order valence-corrected chi connectivity index (χ4v) is 1.60. The maximum Gasteiger partial charge on any atom is 0.229 e. The summed E-state index contributed by atoms with van der Waals surface area (Å²) < 4.78 is 0. The summed E-state index contributed by atoms with van der Waals surface area (Å²) in [6.45, 7) is 2.13. The van der Waals surface area contributed by atoms with Crippen molar-refractivity contribution in [2.24, 2.45) is 5.92 Å². The fourth-order valence-electron chi connectivity index (χ4n) is 1.44. The first kappa shape index (κ1) is 10.4. The van der Waals surface area contributed by atoms with Crippen molar-refractivity contribution in [3.05, 3.63) is 5.28 Å². The number of nitrogens with zero attached hydrogens (tertiary/aromatic N) is 3. The van der Waals surface area contributed by atoms with Crippen LogP contribution in [0.5, 0.6) is 0 Å². The Balaban J connectivity index is 2.08. The van der Waals surface area contributed by atoms with Crippen LogP contribution in [0.25, 0.3) is 0 Å². The van der Waals surface area contributed by atoms with Crippen LogP contribution in [-0.4, -0.2) is 28.0 Å². The van der Waals surface area contributed by atoms with Crippen LogP contribution in [0.15, 0.2) is 0 Å². The maximum absolute atomic E-state index is 5.77. The Morgan fingerprint density at radius 2 is 1.93 bits per heavy atom. The highest BCUT2D eigenvalue weighted by atomic mass is 35.5. The zero-order valence-electron chi connectivity index (χ0n) is 8.79. The molecule has 1 aliphatic rings. The Labute approximate surface area is 93.7 Å². The van der Waals surface area contributed by atoms with Gasteiger partial charge in [0.25, 0.3) is 0 Å². The number of halogens is 1. The normalized spacial score (nSPS) is 17.3. The van der Waals surface area contributed by atoms with Gasteiger partial charge in [-0.15, -0.1) is 0 Å². The molecule has 0 saturated heterocycles. The second-order valence-electron chi connectivity index (χ2n) is 3.77. The first-order valence-electron chi connectivity index (χ1n) is 5.05. The SMILES string of the molecule is CNc1nc(Cl)nc(NC(C)C2CC2)n1. The van der Waals surface area contributed by atoms with Crippen LogP contribution in [0, 0.1) is 5.92 Å². The standard InChI is InChI=1S/C9H14ClN5/c1-5(6-3-4-6)12-9-14-7(10)13-8(11-2)15-9/h5-6H,3-4H2,1-2H3,(H2,11,12,13,14,15). The van der Waals surface area contributed by atoms with Crippen molar-refractivity contribution in [2.75, 3.05) is 17.7 Å². The van der Waals surface area contributed by atoms with Crippen molar-refractivity contribution in [3.63, 3.8) is 0 Å². The van der Waals surface area contributed by atoms with Crippen molar-refractivity contribution < 1.29 is 0 Å². The summed E-state index contributed by atoms with van der Waals surface area (Å²) in [6, 6.07) is 0.396. The second-order valence-corrected chi connectivity index (χ2v) is 4.11. The highest BCUT2D eigenvalue weighted by Gasteiger charge is 2.28. The van der Waals surface area contributed by atoms with Gasteiger partial charge in [-0.05, 0) is 37.3 Å². The van der Waals surface area contributed by atoms with E-state index in [1.807, 2.05) is 0 Å². The average molecular weight is 228 g/mol. The molecule has 0 spiro atoms. The smallest absolute Gasteiger partial charge is 0.229 e. The Hall–Kier alpha value is -1.10. The topological polar surface area (TPSA) is 62.7 Å². The maximum atomic E-state index is 5.77. The van der Waals surface area contributed by atoms with Gasteiger partial charge in [-0.3, -0.25) is 0 Å². The van der Waals surface area contributed by atoms with Gasteiger partial charge in [0.1, 0.15) is 0 Å². The van der Waals surface area contributed by atoms with E-state index in [1.165, 1.54) is 12.8 Å². The highest BCUT2D eigenvalue weighted by Crippen LogP contribution is 2.33. The molecule has 0 bridgehead atoms. The minimum atomic E-state index is 0.208. The van der Waals surface area contributed by atoms with E-state index < -0.39 is 0 Å². The number of hydrogen-bond donors (Lipinski definition) is 2. The zero-order chi connectivity index (χ0) is 10.8. The summed E-state index contributed by atoms with van der Waals surface area (Å²) in [6.07, 6.45) is 2.57. The van der Waals surface area contributed by atoms with E-state index in [0.29, 0.717) is 17.9 Å². The van der Waals surface area contributed by atoms with Crippen LogP contribution < -0.4 is 10.6 Å². The van der Waals surface area contributed by atoms with Crippen molar-refractivity contribution in [1.82, 2.24) is 15.0 Å². The third-order valence-corrected chi connectivity index (χ3v) is 2.69. The van der Waals surface area contributed by atoms with Crippen molar-refractivity contribution in [1.29, 1.82) is 0 Å². The lowest BCUT2D eigenvalue weighted by molar-refractivity contribution is 0.685. The molecule has 0 amide bonds. The first-order valence-corrected chi connectivity index (χ1v) is 5.42. The van der Waals surface area contributed by atoms with Crippen LogP contribution in [-0.2, 0) is 0 Å². The van der Waals surface area contributed by atoms with Gasteiger partial charge in [-0.25, -0.2) is 0 Å². The minimum Gasteiger partial charge on any atom is -0.357 e. The van der Waals surface area contributed by atoms with Gasteiger partial charge in [0, 0.05) is 13.1 Å². The van der Waals surface area contributed by atoms with Gasteiger partial charge in [0.15, 0.2) is 0 Å². The second kappa shape index (κ2) is 4.18. The molecule has 2 rings (SSSR count). The minimum absolute atomic E-state index is 0.208. The highest BCUT2D eigenvalue weighted by molar-refractivity contribution is 6.28. The van der Waals surface area contributed by atoms with E-state index in [9.17, 15) is 0 Å². The summed E-state index contributed by atoms with van der Waals surface area (Å²) in [4.78, 5) is 12.1. The summed E-state index contributed by atoms with van der Waals surface area (Å²) in [5.74, 6) is 1.78. The van der Waals surface area contributed by atoms with E-state index in [-0.39, 0.29) is 5.28 Å². The summed E-state index contributed by atoms with van der Waals surface area (Å²) >= 11 is 5.77. The predicted molar refractivity (Wildman–Crippen MR) is 60.2 cm³/mol. The van der Waals surface area contributed by atoms with E-state index in [2.05, 4.69) is 32.5 Å². The molecule has 1 heterocycles. The average Bonchev–Trinajstić information content (AvgIpc) is 2.99. The monoisotopic (exact) mass is 227 g/mol. The molecular formula is C9H14ClN5. The predicted octanol–water partition coefficient (Wildman–Crippen LogP) is 1.78. The Kier molecular flexibility index (Phi) is 2.90. The molecule has 82 valence electrons. The molecule has 1 aromatic rings. The Morgan fingerprint density at radius 1 is 1.27 bits per heavy atom. The van der Waals surface area contributed by atoms with Gasteiger partial charge in [-0.2, -0.15) is 15.0 Å². The van der Waals surface area contributed by atoms with Gasteiger partial charge in [0.05, 0.1) is 0 Å². The lowest BCUT2D eigenvalue weighted by Crippen LogP contribution is -2.19. The van der Waals surface area contributed by atoms with E-state index >= 15 is 0 Å². The Bertz CT molecular complexity index is 352. The molecular weight excluding hydrogens is 214 g/mol. The van der Waals surface area contributed by atoms with Crippen LogP contribution in [0.3, 0.4) is 0 Å². The molecule has 1 aromatic heterocycles. The lowest BCUT2D eigenvalue weighted by atomic mass is 10.2. The molecule has 1 fully saturated rings. The number of hydrogen-bond acceptors (Lipinski definition) is 5. The number of rotatable bonds is 4. The molecule has 1 aliphatic carbocycles. The van der Waals surface area contributed by atoms with Crippen molar-refractivity contribution >= 4 is 23.5 Å².